The Balaban J connectivity index is 1.73. The van der Waals surface area contributed by atoms with Crippen LogP contribution in [0.4, 0.5) is 5.69 Å². The number of carboxylic acid groups (broad SMARTS) is 1. The number of rotatable bonds is 2. The van der Waals surface area contributed by atoms with Crippen LogP contribution in [0, 0.1) is 5.92 Å². The van der Waals surface area contributed by atoms with Gasteiger partial charge in [-0.25, -0.2) is 4.79 Å². The molecule has 0 saturated carbocycles. The van der Waals surface area contributed by atoms with Crippen LogP contribution in [0.5, 0.6) is 0 Å². The standard InChI is InChI=1S/C19H18ClNO3/c20-13-7-8-16-15(10-13)18-14(2-1-9-24-18)17(21-16)11-3-5-12(6-4-11)19(22)23/h3-8,10,14,17-18,21H,1-2,9H2,(H,22,23)/t14-,17?,18-/m0/s1. The number of aromatic carboxylic acids is 1. The van der Waals surface area contributed by atoms with E-state index in [4.69, 9.17) is 21.4 Å². The Morgan fingerprint density at radius 1 is 1.21 bits per heavy atom. The monoisotopic (exact) mass is 343 g/mol. The van der Waals surface area contributed by atoms with Crippen molar-refractivity contribution in [3.05, 3.63) is 64.2 Å². The number of benzene rings is 2. The van der Waals surface area contributed by atoms with Gasteiger partial charge in [0.2, 0.25) is 0 Å². The molecule has 124 valence electrons. The van der Waals surface area contributed by atoms with Gasteiger partial charge in [0.15, 0.2) is 0 Å². The minimum absolute atomic E-state index is 0.0258. The van der Waals surface area contributed by atoms with Gasteiger partial charge in [0, 0.05) is 28.8 Å². The molecule has 2 N–H and O–H groups in total. The molecule has 0 spiro atoms. The van der Waals surface area contributed by atoms with Crippen molar-refractivity contribution in [1.29, 1.82) is 0 Å². The quantitative estimate of drug-likeness (QED) is 0.831. The van der Waals surface area contributed by atoms with Gasteiger partial charge in [0.25, 0.3) is 0 Å². The van der Waals surface area contributed by atoms with Crippen molar-refractivity contribution in [2.24, 2.45) is 5.92 Å². The third kappa shape index (κ3) is 2.66. The number of hydrogen-bond acceptors (Lipinski definition) is 3. The molecule has 1 unspecified atom stereocenters. The molecule has 1 saturated heterocycles. The molecule has 5 heteroatoms. The highest BCUT2D eigenvalue weighted by atomic mass is 35.5. The summed E-state index contributed by atoms with van der Waals surface area (Å²) in [6.07, 6.45) is 2.12. The second kappa shape index (κ2) is 6.11. The normalized spacial score (nSPS) is 25.3. The van der Waals surface area contributed by atoms with Gasteiger partial charge in [-0.2, -0.15) is 0 Å². The lowest BCUT2D eigenvalue weighted by Gasteiger charge is -2.43. The molecule has 4 rings (SSSR count). The van der Waals surface area contributed by atoms with Gasteiger partial charge in [0.1, 0.15) is 0 Å². The maximum Gasteiger partial charge on any atom is 0.335 e. The van der Waals surface area contributed by atoms with Crippen LogP contribution >= 0.6 is 11.6 Å². The average molecular weight is 344 g/mol. The lowest BCUT2D eigenvalue weighted by molar-refractivity contribution is -0.0381. The van der Waals surface area contributed by atoms with Crippen LogP contribution in [-0.4, -0.2) is 17.7 Å². The van der Waals surface area contributed by atoms with Crippen molar-refractivity contribution >= 4 is 23.3 Å². The fraction of sp³-hybridized carbons (Fsp3) is 0.316. The van der Waals surface area contributed by atoms with Crippen LogP contribution in [0.2, 0.25) is 5.02 Å². The molecule has 2 aliphatic heterocycles. The van der Waals surface area contributed by atoms with Crippen LogP contribution in [0.25, 0.3) is 0 Å². The fourth-order valence-corrected chi connectivity index (χ4v) is 3.99. The number of carboxylic acids is 1. The molecule has 0 amide bonds. The second-order valence-electron chi connectivity index (χ2n) is 6.38. The number of halogens is 1. The molecule has 2 aliphatic rings. The molecule has 2 aromatic carbocycles. The van der Waals surface area contributed by atoms with Crippen molar-refractivity contribution in [3.63, 3.8) is 0 Å². The van der Waals surface area contributed by atoms with E-state index in [0.29, 0.717) is 16.5 Å². The maximum absolute atomic E-state index is 11.1. The number of fused-ring (bicyclic) bond motifs is 3. The van der Waals surface area contributed by atoms with E-state index in [1.54, 1.807) is 12.1 Å². The smallest absolute Gasteiger partial charge is 0.335 e. The van der Waals surface area contributed by atoms with Crippen molar-refractivity contribution in [2.75, 3.05) is 11.9 Å². The molecule has 3 atom stereocenters. The summed E-state index contributed by atoms with van der Waals surface area (Å²) in [7, 11) is 0. The summed E-state index contributed by atoms with van der Waals surface area (Å²) in [5.41, 5.74) is 3.54. The van der Waals surface area contributed by atoms with E-state index in [2.05, 4.69) is 5.32 Å². The zero-order valence-corrected chi connectivity index (χ0v) is 13.8. The third-order valence-electron chi connectivity index (χ3n) is 4.94. The molecule has 0 radical (unpaired) electrons. The minimum Gasteiger partial charge on any atom is -0.478 e. The number of hydrogen-bond donors (Lipinski definition) is 2. The first-order chi connectivity index (χ1) is 11.6. The zero-order chi connectivity index (χ0) is 16.7. The SMILES string of the molecule is O=C(O)c1ccc(C2Nc3ccc(Cl)cc3[C@H]3OCCC[C@@H]23)cc1. The Kier molecular flexibility index (Phi) is 3.94. The number of nitrogens with one attached hydrogen (secondary N) is 1. The Hall–Kier alpha value is -2.04. The lowest BCUT2D eigenvalue weighted by atomic mass is 9.77. The van der Waals surface area contributed by atoms with Gasteiger partial charge in [-0.15, -0.1) is 0 Å². The summed E-state index contributed by atoms with van der Waals surface area (Å²) in [6.45, 7) is 0.762. The fourth-order valence-electron chi connectivity index (χ4n) is 3.80. The van der Waals surface area contributed by atoms with E-state index < -0.39 is 5.97 Å². The van der Waals surface area contributed by atoms with Gasteiger partial charge in [-0.1, -0.05) is 23.7 Å². The second-order valence-corrected chi connectivity index (χ2v) is 6.81. The van der Waals surface area contributed by atoms with Gasteiger partial charge >= 0.3 is 5.97 Å². The minimum atomic E-state index is -0.906. The van der Waals surface area contributed by atoms with E-state index in [0.717, 1.165) is 36.3 Å². The van der Waals surface area contributed by atoms with Crippen molar-refractivity contribution in [3.8, 4) is 0 Å². The van der Waals surface area contributed by atoms with Gasteiger partial charge < -0.3 is 15.2 Å². The highest BCUT2D eigenvalue weighted by Gasteiger charge is 2.39. The molecule has 0 aromatic heterocycles. The Morgan fingerprint density at radius 2 is 2.00 bits per heavy atom. The maximum atomic E-state index is 11.1. The van der Waals surface area contributed by atoms with Crippen molar-refractivity contribution in [1.82, 2.24) is 0 Å². The van der Waals surface area contributed by atoms with Crippen LogP contribution in [0.1, 0.15) is 46.5 Å². The molecule has 2 heterocycles. The summed E-state index contributed by atoms with van der Waals surface area (Å²) in [4.78, 5) is 11.1. The molecular weight excluding hydrogens is 326 g/mol. The van der Waals surface area contributed by atoms with Crippen LogP contribution < -0.4 is 5.32 Å². The van der Waals surface area contributed by atoms with E-state index in [1.807, 2.05) is 30.3 Å². The Bertz CT molecular complexity index is 775. The summed E-state index contributed by atoms with van der Waals surface area (Å²) >= 11 is 6.17. The number of anilines is 1. The first kappa shape index (κ1) is 15.5. The number of ether oxygens (including phenoxy) is 1. The molecule has 1 fully saturated rings. The molecule has 0 bridgehead atoms. The van der Waals surface area contributed by atoms with Crippen molar-refractivity contribution < 1.29 is 14.6 Å². The van der Waals surface area contributed by atoms with E-state index in [1.165, 1.54) is 0 Å². The summed E-state index contributed by atoms with van der Waals surface area (Å²) in [5, 5.41) is 13.4. The summed E-state index contributed by atoms with van der Waals surface area (Å²) in [5.74, 6) is -0.600. The Labute approximate surface area is 145 Å². The predicted molar refractivity (Wildman–Crippen MR) is 92.6 cm³/mol. The molecule has 4 nitrogen and oxygen atoms in total. The third-order valence-corrected chi connectivity index (χ3v) is 5.18. The van der Waals surface area contributed by atoms with Gasteiger partial charge in [-0.3, -0.25) is 0 Å². The van der Waals surface area contributed by atoms with Gasteiger partial charge in [-0.05, 0) is 48.7 Å². The molecular formula is C19H18ClNO3. The Morgan fingerprint density at radius 3 is 2.75 bits per heavy atom. The van der Waals surface area contributed by atoms with Crippen LogP contribution in [0.3, 0.4) is 0 Å². The molecule has 0 aliphatic carbocycles. The van der Waals surface area contributed by atoms with Crippen molar-refractivity contribution in [2.45, 2.75) is 25.0 Å². The van der Waals surface area contributed by atoms with E-state index in [9.17, 15) is 4.79 Å². The van der Waals surface area contributed by atoms with E-state index >= 15 is 0 Å². The lowest BCUT2D eigenvalue weighted by Crippen LogP contribution is -2.36. The van der Waals surface area contributed by atoms with Crippen LogP contribution in [-0.2, 0) is 4.74 Å². The number of carbonyl (C=O) groups is 1. The molecule has 2 aromatic rings. The first-order valence-corrected chi connectivity index (χ1v) is 8.52. The van der Waals surface area contributed by atoms with Crippen LogP contribution in [0.15, 0.2) is 42.5 Å². The highest BCUT2D eigenvalue weighted by Crippen LogP contribution is 2.49. The van der Waals surface area contributed by atoms with Gasteiger partial charge in [0.05, 0.1) is 17.7 Å². The van der Waals surface area contributed by atoms with E-state index in [-0.39, 0.29) is 12.1 Å². The molecule has 24 heavy (non-hydrogen) atoms. The summed E-state index contributed by atoms with van der Waals surface area (Å²) in [6, 6.07) is 13.1. The highest BCUT2D eigenvalue weighted by molar-refractivity contribution is 6.30. The largest absolute Gasteiger partial charge is 0.478 e. The summed E-state index contributed by atoms with van der Waals surface area (Å²) < 4.78 is 6.08. The predicted octanol–water partition coefficient (Wildman–Crippen LogP) is 4.67. The first-order valence-electron chi connectivity index (χ1n) is 8.14. The zero-order valence-electron chi connectivity index (χ0n) is 13.0. The average Bonchev–Trinajstić information content (AvgIpc) is 2.61. The topological polar surface area (TPSA) is 58.6 Å².